The molecule has 0 spiro atoms. The van der Waals surface area contributed by atoms with Crippen molar-refractivity contribution < 1.29 is 19.1 Å². The second-order valence-corrected chi connectivity index (χ2v) is 7.66. The Morgan fingerprint density at radius 1 is 1.00 bits per heavy atom. The fraction of sp³-hybridized carbons (Fsp3) is 0.652. The van der Waals surface area contributed by atoms with E-state index in [1.165, 1.54) is 19.3 Å². The van der Waals surface area contributed by atoms with E-state index in [1.54, 1.807) is 25.3 Å². The lowest BCUT2D eigenvalue weighted by molar-refractivity contribution is -0.125. The van der Waals surface area contributed by atoms with Crippen LogP contribution in [0.15, 0.2) is 18.2 Å². The van der Waals surface area contributed by atoms with Crippen LogP contribution in [0.1, 0.15) is 75.1 Å². The van der Waals surface area contributed by atoms with Crippen LogP contribution in [0.5, 0.6) is 11.5 Å². The van der Waals surface area contributed by atoms with Gasteiger partial charge in [-0.15, -0.1) is 0 Å². The molecular weight excluding hydrogens is 368 g/mol. The Balaban J connectivity index is 1.74. The predicted molar refractivity (Wildman–Crippen MR) is 115 cm³/mol. The van der Waals surface area contributed by atoms with Crippen LogP contribution in [0.3, 0.4) is 0 Å². The summed E-state index contributed by atoms with van der Waals surface area (Å²) in [7, 11) is 1.57. The highest BCUT2D eigenvalue weighted by Crippen LogP contribution is 2.28. The summed E-state index contributed by atoms with van der Waals surface area (Å²) < 4.78 is 11.2. The average molecular weight is 405 g/mol. The minimum absolute atomic E-state index is 0.112. The van der Waals surface area contributed by atoms with Gasteiger partial charge >= 0.3 is 0 Å². The minimum Gasteiger partial charge on any atom is -0.493 e. The Bertz CT molecular complexity index is 642. The van der Waals surface area contributed by atoms with Crippen LogP contribution >= 0.6 is 0 Å². The van der Waals surface area contributed by atoms with Gasteiger partial charge in [0.1, 0.15) is 0 Å². The van der Waals surface area contributed by atoms with Crippen LogP contribution in [-0.4, -0.2) is 38.6 Å². The minimum atomic E-state index is -0.190. The second kappa shape index (κ2) is 13.1. The first kappa shape index (κ1) is 23.0. The van der Waals surface area contributed by atoms with Crippen LogP contribution in [-0.2, 0) is 4.79 Å². The average Bonchev–Trinajstić information content (AvgIpc) is 2.76. The molecule has 0 bridgehead atoms. The normalized spacial score (nSPS) is 14.3. The van der Waals surface area contributed by atoms with Gasteiger partial charge in [0.05, 0.1) is 13.7 Å². The highest BCUT2D eigenvalue weighted by molar-refractivity contribution is 5.94. The largest absolute Gasteiger partial charge is 0.493 e. The molecule has 6 nitrogen and oxygen atoms in total. The van der Waals surface area contributed by atoms with Crippen LogP contribution in [0.2, 0.25) is 0 Å². The van der Waals surface area contributed by atoms with E-state index in [-0.39, 0.29) is 17.7 Å². The molecule has 162 valence electrons. The first-order valence-corrected chi connectivity index (χ1v) is 11.0. The van der Waals surface area contributed by atoms with Crippen molar-refractivity contribution >= 4 is 11.8 Å². The van der Waals surface area contributed by atoms with E-state index < -0.39 is 0 Å². The molecule has 1 saturated carbocycles. The quantitative estimate of drug-likeness (QED) is 0.515. The first-order valence-electron chi connectivity index (χ1n) is 11.0. The molecule has 0 radical (unpaired) electrons. The molecule has 29 heavy (non-hydrogen) atoms. The van der Waals surface area contributed by atoms with Crippen molar-refractivity contribution in [1.82, 2.24) is 10.6 Å². The highest BCUT2D eigenvalue weighted by atomic mass is 16.5. The molecule has 2 amide bonds. The Morgan fingerprint density at radius 3 is 2.48 bits per heavy atom. The molecule has 1 aromatic rings. The predicted octanol–water partition coefficient (Wildman–Crippen LogP) is 4.08. The van der Waals surface area contributed by atoms with E-state index in [2.05, 4.69) is 17.6 Å². The van der Waals surface area contributed by atoms with E-state index in [1.807, 2.05) is 0 Å². The third-order valence-corrected chi connectivity index (χ3v) is 5.37. The van der Waals surface area contributed by atoms with E-state index in [0.29, 0.717) is 36.8 Å². The molecule has 2 rings (SSSR count). The number of ether oxygens (including phenoxy) is 2. The monoisotopic (exact) mass is 404 g/mol. The molecule has 1 aliphatic rings. The molecule has 0 heterocycles. The third kappa shape index (κ3) is 7.95. The maximum atomic E-state index is 12.4. The molecule has 1 fully saturated rings. The lowest BCUT2D eigenvalue weighted by Crippen LogP contribution is -2.38. The number of nitrogens with one attached hydrogen (secondary N) is 2. The Morgan fingerprint density at radius 2 is 1.76 bits per heavy atom. The summed E-state index contributed by atoms with van der Waals surface area (Å²) in [5.41, 5.74) is 0.513. The molecule has 6 heteroatoms. The van der Waals surface area contributed by atoms with E-state index in [4.69, 9.17) is 9.47 Å². The zero-order valence-electron chi connectivity index (χ0n) is 17.9. The van der Waals surface area contributed by atoms with Crippen molar-refractivity contribution in [2.45, 2.75) is 64.7 Å². The Kier molecular flexibility index (Phi) is 10.4. The van der Waals surface area contributed by atoms with Gasteiger partial charge in [-0.3, -0.25) is 9.59 Å². The number of carbonyl (C=O) groups is 2. The summed E-state index contributed by atoms with van der Waals surface area (Å²) in [5.74, 6) is 1.27. The topological polar surface area (TPSA) is 76.7 Å². The molecule has 0 aliphatic heterocycles. The number of amides is 2. The molecule has 0 saturated heterocycles. The number of hydrogen-bond donors (Lipinski definition) is 2. The van der Waals surface area contributed by atoms with Gasteiger partial charge in [-0.2, -0.15) is 0 Å². The van der Waals surface area contributed by atoms with Crippen molar-refractivity contribution in [3.63, 3.8) is 0 Å². The maximum absolute atomic E-state index is 12.4. The number of hydrogen-bond acceptors (Lipinski definition) is 4. The molecule has 0 unspecified atom stereocenters. The van der Waals surface area contributed by atoms with Gasteiger partial charge in [-0.05, 0) is 37.5 Å². The van der Waals surface area contributed by atoms with Crippen LogP contribution < -0.4 is 20.1 Å². The van der Waals surface area contributed by atoms with E-state index in [9.17, 15) is 9.59 Å². The molecule has 1 aromatic carbocycles. The van der Waals surface area contributed by atoms with E-state index in [0.717, 1.165) is 38.5 Å². The standard InChI is InChI=1S/C23H36N2O4/c1-3-4-5-9-16-29-20-13-12-19(17-21(20)28-2)23(27)25-15-14-24-22(26)18-10-7-6-8-11-18/h12-13,17-18H,3-11,14-16H2,1-2H3,(H,24,26)(H,25,27). The van der Waals surface area contributed by atoms with Gasteiger partial charge in [0.25, 0.3) is 5.91 Å². The fourth-order valence-corrected chi connectivity index (χ4v) is 3.61. The zero-order chi connectivity index (χ0) is 20.9. The van der Waals surface area contributed by atoms with Gasteiger partial charge in [-0.1, -0.05) is 45.4 Å². The second-order valence-electron chi connectivity index (χ2n) is 7.66. The summed E-state index contributed by atoms with van der Waals surface area (Å²) >= 11 is 0. The molecule has 2 N–H and O–H groups in total. The Hall–Kier alpha value is -2.24. The smallest absolute Gasteiger partial charge is 0.251 e. The zero-order valence-corrected chi connectivity index (χ0v) is 17.9. The summed E-state index contributed by atoms with van der Waals surface area (Å²) in [6.45, 7) is 3.66. The van der Waals surface area contributed by atoms with Gasteiger partial charge in [0.15, 0.2) is 11.5 Å². The lowest BCUT2D eigenvalue weighted by atomic mass is 9.89. The number of benzene rings is 1. The van der Waals surface area contributed by atoms with Crippen molar-refractivity contribution in [1.29, 1.82) is 0 Å². The van der Waals surface area contributed by atoms with Gasteiger partial charge in [0.2, 0.25) is 5.91 Å². The first-order chi connectivity index (χ1) is 14.2. The third-order valence-electron chi connectivity index (χ3n) is 5.37. The summed E-state index contributed by atoms with van der Waals surface area (Å²) in [6, 6.07) is 5.20. The Labute approximate surface area is 174 Å². The van der Waals surface area contributed by atoms with Crippen molar-refractivity contribution in [2.24, 2.45) is 5.92 Å². The number of unbranched alkanes of at least 4 members (excludes halogenated alkanes) is 3. The van der Waals surface area contributed by atoms with Gasteiger partial charge in [0, 0.05) is 24.6 Å². The summed E-state index contributed by atoms with van der Waals surface area (Å²) in [4.78, 5) is 24.5. The van der Waals surface area contributed by atoms with Crippen molar-refractivity contribution in [3.05, 3.63) is 23.8 Å². The number of methoxy groups -OCH3 is 1. The summed E-state index contributed by atoms with van der Waals surface area (Å²) in [6.07, 6.45) is 10.0. The molecule has 1 aliphatic carbocycles. The van der Waals surface area contributed by atoms with Crippen LogP contribution in [0.4, 0.5) is 0 Å². The van der Waals surface area contributed by atoms with Crippen molar-refractivity contribution in [3.8, 4) is 11.5 Å². The number of carbonyl (C=O) groups excluding carboxylic acids is 2. The molecule has 0 atom stereocenters. The lowest BCUT2D eigenvalue weighted by Gasteiger charge is -2.20. The highest BCUT2D eigenvalue weighted by Gasteiger charge is 2.20. The SMILES string of the molecule is CCCCCCOc1ccc(C(=O)NCCNC(=O)C2CCCCC2)cc1OC. The van der Waals surface area contributed by atoms with Crippen LogP contribution in [0, 0.1) is 5.92 Å². The fourth-order valence-electron chi connectivity index (χ4n) is 3.61. The van der Waals surface area contributed by atoms with Crippen molar-refractivity contribution in [2.75, 3.05) is 26.8 Å². The molecular formula is C23H36N2O4. The maximum Gasteiger partial charge on any atom is 0.251 e. The van der Waals surface area contributed by atoms with Crippen LogP contribution in [0.25, 0.3) is 0 Å². The summed E-state index contributed by atoms with van der Waals surface area (Å²) in [5, 5.41) is 5.77. The van der Waals surface area contributed by atoms with E-state index >= 15 is 0 Å². The molecule has 0 aromatic heterocycles. The van der Waals surface area contributed by atoms with Gasteiger partial charge in [-0.25, -0.2) is 0 Å². The van der Waals surface area contributed by atoms with Gasteiger partial charge < -0.3 is 20.1 Å². The number of rotatable bonds is 12.